The van der Waals surface area contributed by atoms with Gasteiger partial charge in [-0.2, -0.15) is 0 Å². The normalized spacial score (nSPS) is 21.4. The SMILES string of the molecule is O=C(O)C1CCN(C(=O)c2ccc(NC(=O)[C@H]3C[C@@H]3c3ccccc3)cc2)CC1. The predicted octanol–water partition coefficient (Wildman–Crippen LogP) is 3.37. The Kier molecular flexibility index (Phi) is 5.34. The predicted molar refractivity (Wildman–Crippen MR) is 109 cm³/mol. The molecule has 2 aliphatic rings. The number of hydrogen-bond donors (Lipinski definition) is 2. The first-order chi connectivity index (χ1) is 14.0. The number of amides is 2. The average molecular weight is 392 g/mol. The van der Waals surface area contributed by atoms with Crippen LogP contribution in [-0.4, -0.2) is 40.9 Å². The third-order valence-electron chi connectivity index (χ3n) is 5.89. The Morgan fingerprint density at radius 3 is 2.21 bits per heavy atom. The molecule has 150 valence electrons. The topological polar surface area (TPSA) is 86.7 Å². The first-order valence-corrected chi connectivity index (χ1v) is 10.0. The fourth-order valence-electron chi connectivity index (χ4n) is 4.00. The van der Waals surface area contributed by atoms with Crippen molar-refractivity contribution in [2.75, 3.05) is 18.4 Å². The fourth-order valence-corrected chi connectivity index (χ4v) is 4.00. The van der Waals surface area contributed by atoms with Gasteiger partial charge in [-0.15, -0.1) is 0 Å². The van der Waals surface area contributed by atoms with Crippen molar-refractivity contribution in [3.05, 3.63) is 65.7 Å². The highest BCUT2D eigenvalue weighted by molar-refractivity contribution is 5.97. The monoisotopic (exact) mass is 392 g/mol. The van der Waals surface area contributed by atoms with E-state index in [1.165, 1.54) is 5.56 Å². The maximum atomic E-state index is 12.6. The highest BCUT2D eigenvalue weighted by Gasteiger charge is 2.43. The lowest BCUT2D eigenvalue weighted by Crippen LogP contribution is -2.40. The molecule has 6 heteroatoms. The van der Waals surface area contributed by atoms with Crippen LogP contribution in [0.15, 0.2) is 54.6 Å². The molecule has 2 aromatic carbocycles. The number of carbonyl (C=O) groups is 3. The third kappa shape index (κ3) is 4.31. The van der Waals surface area contributed by atoms with E-state index in [9.17, 15) is 14.4 Å². The molecule has 29 heavy (non-hydrogen) atoms. The van der Waals surface area contributed by atoms with E-state index in [0.717, 1.165) is 6.42 Å². The number of anilines is 1. The van der Waals surface area contributed by atoms with Gasteiger partial charge in [0.25, 0.3) is 5.91 Å². The second-order valence-electron chi connectivity index (χ2n) is 7.83. The van der Waals surface area contributed by atoms with E-state index in [4.69, 9.17) is 5.11 Å². The number of carbonyl (C=O) groups excluding carboxylic acids is 2. The highest BCUT2D eigenvalue weighted by atomic mass is 16.4. The summed E-state index contributed by atoms with van der Waals surface area (Å²) in [4.78, 5) is 37.8. The smallest absolute Gasteiger partial charge is 0.306 e. The number of nitrogens with one attached hydrogen (secondary N) is 1. The largest absolute Gasteiger partial charge is 0.481 e. The van der Waals surface area contributed by atoms with Crippen molar-refractivity contribution in [1.82, 2.24) is 4.90 Å². The molecule has 0 spiro atoms. The van der Waals surface area contributed by atoms with Gasteiger partial charge in [0, 0.05) is 30.3 Å². The molecule has 4 rings (SSSR count). The molecule has 1 saturated heterocycles. The molecule has 0 aromatic heterocycles. The molecule has 2 atom stereocenters. The Morgan fingerprint density at radius 2 is 1.59 bits per heavy atom. The molecule has 1 aliphatic carbocycles. The quantitative estimate of drug-likeness (QED) is 0.817. The zero-order valence-electron chi connectivity index (χ0n) is 16.1. The Hall–Kier alpha value is -3.15. The number of likely N-dealkylation sites (tertiary alicyclic amines) is 1. The maximum absolute atomic E-state index is 12.6. The second-order valence-corrected chi connectivity index (χ2v) is 7.83. The summed E-state index contributed by atoms with van der Waals surface area (Å²) < 4.78 is 0. The van der Waals surface area contributed by atoms with Crippen molar-refractivity contribution < 1.29 is 19.5 Å². The Morgan fingerprint density at radius 1 is 0.931 bits per heavy atom. The van der Waals surface area contributed by atoms with Crippen molar-refractivity contribution >= 4 is 23.5 Å². The van der Waals surface area contributed by atoms with E-state index in [2.05, 4.69) is 17.4 Å². The van der Waals surface area contributed by atoms with E-state index in [1.807, 2.05) is 18.2 Å². The first-order valence-electron chi connectivity index (χ1n) is 10.0. The summed E-state index contributed by atoms with van der Waals surface area (Å²) in [6.07, 6.45) is 1.83. The molecule has 2 N–H and O–H groups in total. The number of rotatable bonds is 5. The standard InChI is InChI=1S/C23H24N2O4/c26-21(20-14-19(20)15-4-2-1-3-5-15)24-18-8-6-16(7-9-18)22(27)25-12-10-17(11-13-25)23(28)29/h1-9,17,19-20H,10-14H2,(H,24,26)(H,28,29)/t19-,20+/m1/s1. The summed E-state index contributed by atoms with van der Waals surface area (Å²) in [5, 5.41) is 12.0. The lowest BCUT2D eigenvalue weighted by atomic mass is 9.96. The van der Waals surface area contributed by atoms with Crippen LogP contribution in [0.3, 0.4) is 0 Å². The second kappa shape index (κ2) is 8.07. The third-order valence-corrected chi connectivity index (χ3v) is 5.89. The zero-order valence-corrected chi connectivity index (χ0v) is 16.1. The minimum absolute atomic E-state index is 0.00533. The van der Waals surface area contributed by atoms with Crippen molar-refractivity contribution in [3.63, 3.8) is 0 Å². The van der Waals surface area contributed by atoms with Crippen LogP contribution in [0, 0.1) is 11.8 Å². The molecule has 2 fully saturated rings. The van der Waals surface area contributed by atoms with Gasteiger partial charge in [0.05, 0.1) is 5.92 Å². The van der Waals surface area contributed by atoms with Gasteiger partial charge in [-0.25, -0.2) is 0 Å². The Labute approximate surface area is 169 Å². The summed E-state index contributed by atoms with van der Waals surface area (Å²) in [5.74, 6) is -0.965. The average Bonchev–Trinajstić information content (AvgIpc) is 3.56. The number of piperidine rings is 1. The van der Waals surface area contributed by atoms with Crippen LogP contribution < -0.4 is 5.32 Å². The Balaban J connectivity index is 1.31. The van der Waals surface area contributed by atoms with E-state index in [1.54, 1.807) is 29.2 Å². The molecule has 0 bridgehead atoms. The van der Waals surface area contributed by atoms with Crippen molar-refractivity contribution in [1.29, 1.82) is 0 Å². The fraction of sp³-hybridized carbons (Fsp3) is 0.348. The summed E-state index contributed by atoms with van der Waals surface area (Å²) >= 11 is 0. The summed E-state index contributed by atoms with van der Waals surface area (Å²) in [6.45, 7) is 0.910. The van der Waals surface area contributed by atoms with Crippen LogP contribution in [0.4, 0.5) is 5.69 Å². The number of nitrogens with zero attached hydrogens (tertiary/aromatic N) is 1. The van der Waals surface area contributed by atoms with E-state index in [0.29, 0.717) is 37.2 Å². The number of aliphatic carboxylic acids is 1. The molecule has 2 aromatic rings. The minimum Gasteiger partial charge on any atom is -0.481 e. The summed E-state index contributed by atoms with van der Waals surface area (Å²) in [6, 6.07) is 17.0. The van der Waals surface area contributed by atoms with Gasteiger partial charge in [-0.3, -0.25) is 14.4 Å². The van der Waals surface area contributed by atoms with Crippen LogP contribution in [0.5, 0.6) is 0 Å². The number of hydrogen-bond acceptors (Lipinski definition) is 3. The lowest BCUT2D eigenvalue weighted by Gasteiger charge is -2.30. The molecule has 0 radical (unpaired) electrons. The summed E-state index contributed by atoms with van der Waals surface area (Å²) in [5.41, 5.74) is 2.42. The lowest BCUT2D eigenvalue weighted by molar-refractivity contribution is -0.143. The van der Waals surface area contributed by atoms with Gasteiger partial charge in [0.1, 0.15) is 0 Å². The number of carboxylic acids is 1. The highest BCUT2D eigenvalue weighted by Crippen LogP contribution is 2.47. The molecular weight excluding hydrogens is 368 g/mol. The van der Waals surface area contributed by atoms with Gasteiger partial charge in [0.15, 0.2) is 0 Å². The first kappa shape index (κ1) is 19.2. The van der Waals surface area contributed by atoms with Crippen LogP contribution in [0.2, 0.25) is 0 Å². The molecule has 1 saturated carbocycles. The van der Waals surface area contributed by atoms with Gasteiger partial charge >= 0.3 is 5.97 Å². The van der Waals surface area contributed by atoms with Gasteiger partial charge in [-0.05, 0) is 55.0 Å². The Bertz CT molecular complexity index is 902. The number of carboxylic acid groups (broad SMARTS) is 1. The zero-order chi connectivity index (χ0) is 20.4. The van der Waals surface area contributed by atoms with Crippen LogP contribution in [0.1, 0.15) is 41.1 Å². The number of benzene rings is 2. The van der Waals surface area contributed by atoms with Crippen LogP contribution in [0.25, 0.3) is 0 Å². The molecule has 6 nitrogen and oxygen atoms in total. The van der Waals surface area contributed by atoms with E-state index in [-0.39, 0.29) is 29.6 Å². The molecule has 1 aliphatic heterocycles. The molecule has 0 unspecified atom stereocenters. The van der Waals surface area contributed by atoms with Gasteiger partial charge in [0.2, 0.25) is 5.91 Å². The van der Waals surface area contributed by atoms with Crippen LogP contribution in [-0.2, 0) is 9.59 Å². The van der Waals surface area contributed by atoms with Gasteiger partial charge in [-0.1, -0.05) is 30.3 Å². The van der Waals surface area contributed by atoms with E-state index >= 15 is 0 Å². The molecule has 1 heterocycles. The summed E-state index contributed by atoms with van der Waals surface area (Å²) in [7, 11) is 0. The van der Waals surface area contributed by atoms with Crippen molar-refractivity contribution in [2.24, 2.45) is 11.8 Å². The van der Waals surface area contributed by atoms with Crippen LogP contribution >= 0.6 is 0 Å². The molecular formula is C23H24N2O4. The van der Waals surface area contributed by atoms with Gasteiger partial charge < -0.3 is 15.3 Å². The maximum Gasteiger partial charge on any atom is 0.306 e. The van der Waals surface area contributed by atoms with E-state index < -0.39 is 5.97 Å². The van der Waals surface area contributed by atoms with Crippen molar-refractivity contribution in [2.45, 2.75) is 25.2 Å². The van der Waals surface area contributed by atoms with Crippen molar-refractivity contribution in [3.8, 4) is 0 Å². The molecule has 2 amide bonds. The minimum atomic E-state index is -0.789.